The molecule has 3 aromatic carbocycles. The molecule has 0 fully saturated rings. The Morgan fingerprint density at radius 2 is 0.571 bits per heavy atom. The molecule has 0 radical (unpaired) electrons. The van der Waals surface area contributed by atoms with Gasteiger partial charge in [-0.2, -0.15) is 0 Å². The number of rotatable bonds is 6. The van der Waals surface area contributed by atoms with Gasteiger partial charge in [0, 0.05) is 18.5 Å². The van der Waals surface area contributed by atoms with Gasteiger partial charge in [-0.25, -0.2) is 0 Å². The summed E-state index contributed by atoms with van der Waals surface area (Å²) in [5.41, 5.74) is 1.63. The standard InChI is InChI=1S/3C7H9O3P.2Al/c3*8-11(9,10)6-7-4-2-1-3-5-7;;/h3*1-5H,6H2,(H2,8,9,10);;/q;;;2*+3/p-6. The summed E-state index contributed by atoms with van der Waals surface area (Å²) in [6.45, 7) is 0. The minimum atomic E-state index is -4.39. The third-order valence-electron chi connectivity index (χ3n) is 3.66. The fourth-order valence-electron chi connectivity index (χ4n) is 2.42. The Morgan fingerprint density at radius 1 is 0.400 bits per heavy atom. The zero-order valence-corrected chi connectivity index (χ0v) is 23.4. The van der Waals surface area contributed by atoms with E-state index < -0.39 is 41.3 Å². The molecule has 35 heavy (non-hydrogen) atoms. The molecule has 0 aliphatic carbocycles. The van der Waals surface area contributed by atoms with Gasteiger partial charge in [-0.1, -0.05) is 114 Å². The van der Waals surface area contributed by atoms with Crippen LogP contribution >= 0.6 is 22.8 Å². The van der Waals surface area contributed by atoms with Crippen molar-refractivity contribution in [3.05, 3.63) is 108 Å². The van der Waals surface area contributed by atoms with Crippen LogP contribution in [-0.2, 0) is 32.2 Å². The molecule has 0 atom stereocenters. The first-order valence-electron chi connectivity index (χ1n) is 9.38. The molecule has 0 N–H and O–H groups in total. The van der Waals surface area contributed by atoms with E-state index in [0.29, 0.717) is 16.7 Å². The van der Waals surface area contributed by atoms with Crippen molar-refractivity contribution < 1.29 is 43.1 Å². The Kier molecular flexibility index (Phi) is 18.3. The van der Waals surface area contributed by atoms with Gasteiger partial charge in [-0.3, -0.25) is 0 Å². The largest absolute Gasteiger partial charge is 3.00 e. The van der Waals surface area contributed by atoms with E-state index in [-0.39, 0.29) is 34.7 Å². The van der Waals surface area contributed by atoms with Crippen LogP contribution in [0.3, 0.4) is 0 Å². The summed E-state index contributed by atoms with van der Waals surface area (Å²) in [4.78, 5) is 61.6. The molecule has 14 heteroatoms. The van der Waals surface area contributed by atoms with Crippen LogP contribution in [0.4, 0.5) is 0 Å². The topological polar surface area (TPSA) is 190 Å². The molecule has 0 saturated heterocycles. The van der Waals surface area contributed by atoms with Crippen LogP contribution < -0.4 is 29.4 Å². The predicted octanol–water partition coefficient (Wildman–Crippen LogP) is -0.461. The van der Waals surface area contributed by atoms with Gasteiger partial charge in [0.2, 0.25) is 0 Å². The Bertz CT molecular complexity index is 945. The van der Waals surface area contributed by atoms with E-state index in [2.05, 4.69) is 0 Å². The number of benzene rings is 3. The Labute approximate surface area is 226 Å². The molecule has 0 aliphatic rings. The maximum Gasteiger partial charge on any atom is 3.00 e. The second-order valence-electron chi connectivity index (χ2n) is 6.76. The van der Waals surface area contributed by atoms with Crippen molar-refractivity contribution in [3.8, 4) is 0 Å². The van der Waals surface area contributed by atoms with E-state index in [0.717, 1.165) is 0 Å². The Morgan fingerprint density at radius 3 is 0.714 bits per heavy atom. The average Bonchev–Trinajstić information content (AvgIpc) is 2.67. The number of hydrogen-bond donors (Lipinski definition) is 0. The molecular formula is C21H21Al2O9P3. The SMILES string of the molecule is O=P([O-])([O-])Cc1ccccc1.O=P([O-])([O-])Cc1ccccc1.O=P([O-])([O-])Cc1ccccc1.[Al+3].[Al+3]. The second kappa shape index (κ2) is 17.6. The van der Waals surface area contributed by atoms with Gasteiger partial charge in [0.15, 0.2) is 0 Å². The molecule has 3 rings (SSSR count). The molecule has 0 heterocycles. The van der Waals surface area contributed by atoms with Crippen molar-refractivity contribution in [1.29, 1.82) is 0 Å². The summed E-state index contributed by atoms with van der Waals surface area (Å²) in [5, 5.41) is 0. The zero-order valence-electron chi connectivity index (χ0n) is 18.5. The van der Waals surface area contributed by atoms with Crippen LogP contribution in [-0.4, -0.2) is 34.7 Å². The van der Waals surface area contributed by atoms with Gasteiger partial charge >= 0.3 is 34.7 Å². The summed E-state index contributed by atoms with van der Waals surface area (Å²) >= 11 is 0. The second-order valence-corrected chi connectivity index (χ2v) is 11.4. The third-order valence-corrected chi connectivity index (χ3v) is 5.91. The predicted molar refractivity (Wildman–Crippen MR) is 125 cm³/mol. The summed E-state index contributed by atoms with van der Waals surface area (Å²) in [5.74, 6) is 0. The normalized spacial score (nSPS) is 10.8. The van der Waals surface area contributed by atoms with Crippen LogP contribution in [0.15, 0.2) is 91.0 Å². The molecule has 0 saturated carbocycles. The molecule has 0 spiro atoms. The Balaban J connectivity index is 0. The van der Waals surface area contributed by atoms with Crippen LogP contribution in [0.2, 0.25) is 0 Å². The first-order valence-corrected chi connectivity index (χ1v) is 14.6. The summed E-state index contributed by atoms with van der Waals surface area (Å²) in [6, 6.07) is 25.2. The van der Waals surface area contributed by atoms with Crippen molar-refractivity contribution >= 4 is 57.5 Å². The third kappa shape index (κ3) is 22.1. The average molecular weight is 564 g/mol. The van der Waals surface area contributed by atoms with Gasteiger partial charge < -0.3 is 43.1 Å². The van der Waals surface area contributed by atoms with Gasteiger partial charge in [-0.05, 0) is 16.7 Å². The van der Waals surface area contributed by atoms with Gasteiger partial charge in [0.1, 0.15) is 0 Å². The first-order chi connectivity index (χ1) is 15.2. The van der Waals surface area contributed by atoms with Crippen LogP contribution in [0.5, 0.6) is 0 Å². The van der Waals surface area contributed by atoms with Gasteiger partial charge in [0.25, 0.3) is 0 Å². The molecule has 180 valence electrons. The quantitative estimate of drug-likeness (QED) is 0.282. The molecule has 0 amide bonds. The van der Waals surface area contributed by atoms with Crippen molar-refractivity contribution in [3.63, 3.8) is 0 Å². The summed E-state index contributed by atoms with van der Waals surface area (Å²) < 4.78 is 30.8. The van der Waals surface area contributed by atoms with E-state index in [4.69, 9.17) is 0 Å². The van der Waals surface area contributed by atoms with E-state index in [9.17, 15) is 43.1 Å². The fraction of sp³-hybridized carbons (Fsp3) is 0.143. The molecule has 0 bridgehead atoms. The number of hydrogen-bond acceptors (Lipinski definition) is 9. The summed E-state index contributed by atoms with van der Waals surface area (Å²) in [6.07, 6.45) is -1.19. The van der Waals surface area contributed by atoms with Gasteiger partial charge in [-0.15, -0.1) is 0 Å². The van der Waals surface area contributed by atoms with E-state index in [1.165, 1.54) is 0 Å². The maximum atomic E-state index is 10.3. The molecule has 9 nitrogen and oxygen atoms in total. The molecule has 0 aromatic heterocycles. The van der Waals surface area contributed by atoms with E-state index in [1.807, 2.05) is 0 Å². The molecule has 0 unspecified atom stereocenters. The molecule has 0 aliphatic heterocycles. The van der Waals surface area contributed by atoms with E-state index in [1.54, 1.807) is 91.0 Å². The van der Waals surface area contributed by atoms with E-state index >= 15 is 0 Å². The van der Waals surface area contributed by atoms with Crippen molar-refractivity contribution in [2.24, 2.45) is 0 Å². The van der Waals surface area contributed by atoms with Crippen molar-refractivity contribution in [1.82, 2.24) is 0 Å². The van der Waals surface area contributed by atoms with Crippen LogP contribution in [0.1, 0.15) is 16.7 Å². The minimum Gasteiger partial charge on any atom is -0.810 e. The summed E-state index contributed by atoms with van der Waals surface area (Å²) in [7, 11) is -13.2. The monoisotopic (exact) mass is 564 g/mol. The maximum absolute atomic E-state index is 10.3. The molecule has 3 aromatic rings. The van der Waals surface area contributed by atoms with Crippen LogP contribution in [0, 0.1) is 0 Å². The Hall–Kier alpha value is -0.825. The molecular weight excluding hydrogens is 543 g/mol. The first kappa shape index (κ1) is 36.3. The van der Waals surface area contributed by atoms with Crippen LogP contribution in [0.25, 0.3) is 0 Å². The zero-order chi connectivity index (χ0) is 25.0. The minimum absolute atomic E-state index is 0. The van der Waals surface area contributed by atoms with Gasteiger partial charge in [0.05, 0.1) is 0 Å². The smallest absolute Gasteiger partial charge is 0.810 e. The fourth-order valence-corrected chi connectivity index (χ4v) is 4.40. The van der Waals surface area contributed by atoms with Crippen molar-refractivity contribution in [2.45, 2.75) is 18.5 Å². The van der Waals surface area contributed by atoms with Crippen molar-refractivity contribution in [2.75, 3.05) is 0 Å².